The molecule has 53 valence electrons. The van der Waals surface area contributed by atoms with Crippen LogP contribution in [-0.4, -0.2) is 16.2 Å². The molecule has 9 heavy (non-hydrogen) atoms. The number of carboxylic acid groups (broad SMARTS) is 1. The summed E-state index contributed by atoms with van der Waals surface area (Å²) in [4.78, 5) is 9.90. The maximum Gasteiger partial charge on any atom is 0.306 e. The first-order valence-corrected chi connectivity index (χ1v) is 2.92. The second kappa shape index (κ2) is 4.32. The molecule has 0 amide bonds. The van der Waals surface area contributed by atoms with Gasteiger partial charge in [0.25, 0.3) is 0 Å². The first-order chi connectivity index (χ1) is 4.16. The molecule has 0 unspecified atom stereocenters. The number of aliphatic hydroxyl groups excluding tert-OH is 1. The standard InChI is InChI=1S/C6H11O3/c1-2-3-5(7)4-6(8)9/h7H,2-4H2,1H3,(H,8,9). The maximum atomic E-state index is 9.90. The van der Waals surface area contributed by atoms with Gasteiger partial charge >= 0.3 is 5.97 Å². The Labute approximate surface area is 54.3 Å². The van der Waals surface area contributed by atoms with E-state index in [9.17, 15) is 4.79 Å². The van der Waals surface area contributed by atoms with Gasteiger partial charge in [0.05, 0.1) is 6.42 Å². The lowest BCUT2D eigenvalue weighted by atomic mass is 10.1. The van der Waals surface area contributed by atoms with Crippen LogP contribution in [0.1, 0.15) is 26.2 Å². The SMILES string of the molecule is CCC[C](O)CC(=O)O. The summed E-state index contributed by atoms with van der Waals surface area (Å²) >= 11 is 0. The number of aliphatic hydroxyl groups is 1. The summed E-state index contributed by atoms with van der Waals surface area (Å²) in [6.07, 6.45) is 1.13. The molecule has 0 aliphatic rings. The number of aliphatic carboxylic acids is 1. The summed E-state index contributed by atoms with van der Waals surface area (Å²) in [6.45, 7) is 1.89. The van der Waals surface area contributed by atoms with E-state index >= 15 is 0 Å². The highest BCUT2D eigenvalue weighted by molar-refractivity contribution is 5.68. The Morgan fingerprint density at radius 1 is 1.44 bits per heavy atom. The Balaban J connectivity index is 3.26. The Morgan fingerprint density at radius 3 is 2.33 bits per heavy atom. The Hall–Kier alpha value is -0.570. The Morgan fingerprint density at radius 2 is 2.00 bits per heavy atom. The molecule has 3 heteroatoms. The highest BCUT2D eigenvalue weighted by Gasteiger charge is 2.07. The second-order valence-electron chi connectivity index (χ2n) is 1.89. The first-order valence-electron chi connectivity index (χ1n) is 2.92. The molecule has 0 heterocycles. The lowest BCUT2D eigenvalue weighted by molar-refractivity contribution is -0.137. The average molecular weight is 131 g/mol. The molecule has 0 aliphatic heterocycles. The Bertz CT molecular complexity index is 90.3. The highest BCUT2D eigenvalue weighted by atomic mass is 16.4. The van der Waals surface area contributed by atoms with Crippen molar-refractivity contribution in [3.63, 3.8) is 0 Å². The first kappa shape index (κ1) is 8.43. The van der Waals surface area contributed by atoms with Gasteiger partial charge in [-0.05, 0) is 6.42 Å². The summed E-state index contributed by atoms with van der Waals surface area (Å²) in [7, 11) is 0. The van der Waals surface area contributed by atoms with Gasteiger partial charge in [-0.15, -0.1) is 0 Å². The van der Waals surface area contributed by atoms with E-state index < -0.39 is 5.97 Å². The number of carboxylic acids is 1. The minimum absolute atomic E-state index is 0.0602. The van der Waals surface area contributed by atoms with Crippen molar-refractivity contribution in [3.8, 4) is 0 Å². The number of hydrogen-bond donors (Lipinski definition) is 2. The molecule has 0 fully saturated rings. The number of carbonyl (C=O) groups is 1. The molecule has 0 aliphatic carbocycles. The van der Waals surface area contributed by atoms with Crippen molar-refractivity contribution in [1.82, 2.24) is 0 Å². The molecule has 0 aromatic carbocycles. The van der Waals surface area contributed by atoms with Crippen LogP contribution in [0.3, 0.4) is 0 Å². The average Bonchev–Trinajstić information content (AvgIpc) is 1.63. The van der Waals surface area contributed by atoms with Crippen molar-refractivity contribution >= 4 is 5.97 Å². The van der Waals surface area contributed by atoms with Crippen LogP contribution in [0.4, 0.5) is 0 Å². The fourth-order valence-corrected chi connectivity index (χ4v) is 0.552. The molecule has 0 aromatic heterocycles. The minimum atomic E-state index is -0.971. The maximum absolute atomic E-state index is 9.90. The van der Waals surface area contributed by atoms with Gasteiger partial charge in [-0.3, -0.25) is 4.79 Å². The van der Waals surface area contributed by atoms with Crippen LogP contribution >= 0.6 is 0 Å². The third kappa shape index (κ3) is 5.30. The van der Waals surface area contributed by atoms with Crippen LogP contribution in [0.5, 0.6) is 0 Å². The van der Waals surface area contributed by atoms with Crippen LogP contribution in [-0.2, 0) is 4.79 Å². The molecule has 2 N–H and O–H groups in total. The van der Waals surface area contributed by atoms with Crippen LogP contribution < -0.4 is 0 Å². The minimum Gasteiger partial charge on any atom is -0.481 e. The van der Waals surface area contributed by atoms with E-state index in [1.807, 2.05) is 6.92 Å². The molecule has 3 nitrogen and oxygen atoms in total. The zero-order valence-electron chi connectivity index (χ0n) is 5.42. The van der Waals surface area contributed by atoms with Crippen molar-refractivity contribution in [1.29, 1.82) is 0 Å². The molecule has 0 atom stereocenters. The third-order valence-electron chi connectivity index (χ3n) is 0.894. The van der Waals surface area contributed by atoms with E-state index in [0.29, 0.717) is 6.42 Å². The number of hydrogen-bond acceptors (Lipinski definition) is 2. The van der Waals surface area contributed by atoms with Gasteiger partial charge in [-0.1, -0.05) is 13.3 Å². The van der Waals surface area contributed by atoms with E-state index in [1.165, 1.54) is 0 Å². The van der Waals surface area contributed by atoms with Gasteiger partial charge < -0.3 is 10.2 Å². The van der Waals surface area contributed by atoms with Gasteiger partial charge in [0.1, 0.15) is 6.10 Å². The fourth-order valence-electron chi connectivity index (χ4n) is 0.552. The van der Waals surface area contributed by atoms with Gasteiger partial charge in [-0.25, -0.2) is 0 Å². The lowest BCUT2D eigenvalue weighted by Crippen LogP contribution is -2.03. The summed E-state index contributed by atoms with van der Waals surface area (Å²) < 4.78 is 0. The Kier molecular flexibility index (Phi) is 4.05. The molecule has 0 aromatic rings. The van der Waals surface area contributed by atoms with Crippen molar-refractivity contribution in [2.75, 3.05) is 0 Å². The molecule has 0 bridgehead atoms. The van der Waals surface area contributed by atoms with Crippen molar-refractivity contribution in [2.24, 2.45) is 0 Å². The van der Waals surface area contributed by atoms with E-state index in [2.05, 4.69) is 0 Å². The largest absolute Gasteiger partial charge is 0.481 e. The van der Waals surface area contributed by atoms with Crippen LogP contribution in [0, 0.1) is 6.10 Å². The lowest BCUT2D eigenvalue weighted by Gasteiger charge is -2.01. The van der Waals surface area contributed by atoms with Crippen molar-refractivity contribution in [3.05, 3.63) is 6.10 Å². The summed E-state index contributed by atoms with van der Waals surface area (Å²) in [5.74, 6) is -0.971. The summed E-state index contributed by atoms with van der Waals surface area (Å²) in [6, 6.07) is 0. The van der Waals surface area contributed by atoms with Crippen LogP contribution in [0.2, 0.25) is 0 Å². The van der Waals surface area contributed by atoms with Gasteiger partial charge in [0.15, 0.2) is 0 Å². The van der Waals surface area contributed by atoms with E-state index in [1.54, 1.807) is 0 Å². The molecule has 0 saturated heterocycles. The summed E-state index contributed by atoms with van der Waals surface area (Å²) in [5.41, 5.74) is 0. The predicted octanol–water partition coefficient (Wildman–Crippen LogP) is 1.17. The molecular weight excluding hydrogens is 120 g/mol. The molecular formula is C6H11O3. The van der Waals surface area contributed by atoms with E-state index in [0.717, 1.165) is 6.42 Å². The van der Waals surface area contributed by atoms with Gasteiger partial charge in [0.2, 0.25) is 0 Å². The summed E-state index contributed by atoms with van der Waals surface area (Å²) in [5, 5.41) is 16.9. The van der Waals surface area contributed by atoms with Gasteiger partial charge in [0, 0.05) is 0 Å². The molecule has 0 saturated carbocycles. The monoisotopic (exact) mass is 131 g/mol. The van der Waals surface area contributed by atoms with Crippen LogP contribution in [0.25, 0.3) is 0 Å². The van der Waals surface area contributed by atoms with E-state index in [4.69, 9.17) is 10.2 Å². The smallest absolute Gasteiger partial charge is 0.306 e. The zero-order chi connectivity index (χ0) is 7.28. The highest BCUT2D eigenvalue weighted by Crippen LogP contribution is 2.08. The topological polar surface area (TPSA) is 57.5 Å². The predicted molar refractivity (Wildman–Crippen MR) is 32.3 cm³/mol. The number of rotatable bonds is 4. The normalized spacial score (nSPS) is 10.1. The molecule has 0 rings (SSSR count). The second-order valence-corrected chi connectivity index (χ2v) is 1.89. The molecule has 0 spiro atoms. The third-order valence-corrected chi connectivity index (χ3v) is 0.894. The van der Waals surface area contributed by atoms with E-state index in [-0.39, 0.29) is 12.5 Å². The molecule has 1 radical (unpaired) electrons. The quantitative estimate of drug-likeness (QED) is 0.602. The van der Waals surface area contributed by atoms with Crippen molar-refractivity contribution in [2.45, 2.75) is 26.2 Å². The zero-order valence-corrected chi connectivity index (χ0v) is 5.42. The van der Waals surface area contributed by atoms with Gasteiger partial charge in [-0.2, -0.15) is 0 Å². The van der Waals surface area contributed by atoms with Crippen LogP contribution in [0.15, 0.2) is 0 Å². The fraction of sp³-hybridized carbons (Fsp3) is 0.667. The van der Waals surface area contributed by atoms with Crippen molar-refractivity contribution < 1.29 is 15.0 Å².